The summed E-state index contributed by atoms with van der Waals surface area (Å²) in [6.45, 7) is 3.92. The fourth-order valence-corrected chi connectivity index (χ4v) is 4.01. The number of fused-ring (bicyclic) bond motifs is 1. The van der Waals surface area contributed by atoms with Gasteiger partial charge in [0.05, 0.1) is 13.2 Å². The Kier molecular flexibility index (Phi) is 6.03. The van der Waals surface area contributed by atoms with Crippen LogP contribution in [-0.2, 0) is 13.0 Å². The van der Waals surface area contributed by atoms with Crippen LogP contribution in [0.4, 0.5) is 5.69 Å². The van der Waals surface area contributed by atoms with Crippen molar-refractivity contribution in [1.29, 1.82) is 0 Å². The predicted molar refractivity (Wildman–Crippen MR) is 121 cm³/mol. The number of carbonyl (C=O) groups excluding carboxylic acids is 1. The fourth-order valence-electron chi connectivity index (χ4n) is 4.01. The minimum atomic E-state index is -0.0760. The molecule has 4 nitrogen and oxygen atoms in total. The van der Waals surface area contributed by atoms with Gasteiger partial charge in [-0.15, -0.1) is 0 Å². The van der Waals surface area contributed by atoms with E-state index in [4.69, 9.17) is 4.74 Å². The summed E-state index contributed by atoms with van der Waals surface area (Å²) in [7, 11) is 1.65. The maximum Gasteiger partial charge on any atom is 0.251 e. The molecular formula is C26H28N2O2. The second-order valence-electron chi connectivity index (χ2n) is 7.82. The lowest BCUT2D eigenvalue weighted by Gasteiger charge is -2.31. The zero-order valence-corrected chi connectivity index (χ0v) is 17.6. The predicted octanol–water partition coefficient (Wildman–Crippen LogP) is 5.14. The Balaban J connectivity index is 1.39. The Labute approximate surface area is 178 Å². The number of anilines is 1. The van der Waals surface area contributed by atoms with Crippen LogP contribution in [-0.4, -0.2) is 19.6 Å². The van der Waals surface area contributed by atoms with Crippen LogP contribution in [0.2, 0.25) is 0 Å². The lowest BCUT2D eigenvalue weighted by molar-refractivity contribution is 0.0940. The number of nitrogens with zero attached hydrogens (tertiary/aromatic N) is 1. The van der Waals surface area contributed by atoms with E-state index in [0.29, 0.717) is 5.56 Å². The highest BCUT2D eigenvalue weighted by Crippen LogP contribution is 2.28. The molecule has 154 valence electrons. The second kappa shape index (κ2) is 9.04. The van der Waals surface area contributed by atoms with Crippen LogP contribution in [0, 0.1) is 0 Å². The molecule has 1 atom stereocenters. The Morgan fingerprint density at radius 3 is 2.50 bits per heavy atom. The average molecular weight is 401 g/mol. The molecule has 0 saturated heterocycles. The molecular weight excluding hydrogens is 372 g/mol. The lowest BCUT2D eigenvalue weighted by atomic mass is 10.0. The first kappa shape index (κ1) is 20.0. The minimum absolute atomic E-state index is 0.0619. The van der Waals surface area contributed by atoms with Crippen molar-refractivity contribution in [2.45, 2.75) is 32.4 Å². The van der Waals surface area contributed by atoms with Crippen LogP contribution >= 0.6 is 0 Å². The van der Waals surface area contributed by atoms with Gasteiger partial charge in [0.1, 0.15) is 5.75 Å². The van der Waals surface area contributed by atoms with E-state index in [0.717, 1.165) is 30.8 Å². The number of carbonyl (C=O) groups is 1. The van der Waals surface area contributed by atoms with Crippen LogP contribution in [0.5, 0.6) is 5.75 Å². The molecule has 1 aliphatic heterocycles. The first-order valence-corrected chi connectivity index (χ1v) is 10.5. The van der Waals surface area contributed by atoms with Crippen LogP contribution < -0.4 is 15.0 Å². The quantitative estimate of drug-likeness (QED) is 0.623. The lowest BCUT2D eigenvalue weighted by Crippen LogP contribution is -2.29. The highest BCUT2D eigenvalue weighted by Gasteiger charge is 2.17. The van der Waals surface area contributed by atoms with Gasteiger partial charge in [-0.25, -0.2) is 0 Å². The van der Waals surface area contributed by atoms with Gasteiger partial charge in [0, 0.05) is 24.3 Å². The molecule has 0 bridgehead atoms. The van der Waals surface area contributed by atoms with Crippen LogP contribution in [0.25, 0.3) is 0 Å². The molecule has 30 heavy (non-hydrogen) atoms. The van der Waals surface area contributed by atoms with Crippen molar-refractivity contribution < 1.29 is 9.53 Å². The maximum atomic E-state index is 12.7. The van der Waals surface area contributed by atoms with Gasteiger partial charge in [0.25, 0.3) is 5.91 Å². The third kappa shape index (κ3) is 4.48. The van der Waals surface area contributed by atoms with E-state index in [9.17, 15) is 4.79 Å². The number of para-hydroxylation sites is 1. The highest BCUT2D eigenvalue weighted by molar-refractivity contribution is 5.94. The molecule has 0 fully saturated rings. The number of rotatable bonds is 6. The second-order valence-corrected chi connectivity index (χ2v) is 7.82. The molecule has 0 unspecified atom stereocenters. The largest absolute Gasteiger partial charge is 0.497 e. The number of amides is 1. The smallest absolute Gasteiger partial charge is 0.251 e. The van der Waals surface area contributed by atoms with E-state index in [1.807, 2.05) is 43.3 Å². The van der Waals surface area contributed by atoms with Crippen molar-refractivity contribution in [2.75, 3.05) is 18.6 Å². The molecule has 0 saturated carbocycles. The van der Waals surface area contributed by atoms with Crippen molar-refractivity contribution in [2.24, 2.45) is 0 Å². The van der Waals surface area contributed by atoms with Gasteiger partial charge in [-0.05, 0) is 66.8 Å². The molecule has 1 N–H and O–H groups in total. The van der Waals surface area contributed by atoms with Crippen LogP contribution in [0.3, 0.4) is 0 Å². The van der Waals surface area contributed by atoms with Crippen molar-refractivity contribution in [3.05, 3.63) is 95.1 Å². The third-order valence-corrected chi connectivity index (χ3v) is 5.76. The number of hydrogen-bond donors (Lipinski definition) is 1. The number of benzene rings is 3. The summed E-state index contributed by atoms with van der Waals surface area (Å²) in [5.74, 6) is 0.748. The monoisotopic (exact) mass is 400 g/mol. The fraction of sp³-hybridized carbons (Fsp3) is 0.269. The summed E-state index contributed by atoms with van der Waals surface area (Å²) >= 11 is 0. The zero-order valence-electron chi connectivity index (χ0n) is 17.6. The van der Waals surface area contributed by atoms with Crippen molar-refractivity contribution >= 4 is 11.6 Å². The number of aryl methyl sites for hydroxylation is 1. The Morgan fingerprint density at radius 2 is 1.77 bits per heavy atom. The number of methoxy groups -OCH3 is 1. The summed E-state index contributed by atoms with van der Waals surface area (Å²) in [6.07, 6.45) is 2.33. The summed E-state index contributed by atoms with van der Waals surface area (Å²) in [5, 5.41) is 3.07. The topological polar surface area (TPSA) is 41.6 Å². The van der Waals surface area contributed by atoms with Crippen molar-refractivity contribution in [3.63, 3.8) is 0 Å². The van der Waals surface area contributed by atoms with E-state index in [1.54, 1.807) is 7.11 Å². The third-order valence-electron chi connectivity index (χ3n) is 5.76. The van der Waals surface area contributed by atoms with Gasteiger partial charge in [0.15, 0.2) is 0 Å². The SMILES string of the molecule is COc1ccc([C@H](C)NC(=O)c2ccc(CN3CCCc4ccccc43)cc2)cc1. The van der Waals surface area contributed by atoms with E-state index in [2.05, 4.69) is 46.6 Å². The van der Waals surface area contributed by atoms with Crippen LogP contribution in [0.1, 0.15) is 46.4 Å². The van der Waals surface area contributed by atoms with E-state index in [-0.39, 0.29) is 11.9 Å². The summed E-state index contributed by atoms with van der Waals surface area (Å²) < 4.78 is 5.19. The molecule has 4 heteroatoms. The first-order valence-electron chi connectivity index (χ1n) is 10.5. The summed E-state index contributed by atoms with van der Waals surface area (Å²) in [5.41, 5.74) is 5.69. The van der Waals surface area contributed by atoms with Crippen molar-refractivity contribution in [3.8, 4) is 5.75 Å². The Bertz CT molecular complexity index is 996. The maximum absolute atomic E-state index is 12.7. The number of ether oxygens (including phenoxy) is 1. The van der Waals surface area contributed by atoms with Gasteiger partial charge in [-0.2, -0.15) is 0 Å². The number of nitrogens with one attached hydrogen (secondary N) is 1. The molecule has 3 aromatic carbocycles. The molecule has 1 amide bonds. The molecule has 0 spiro atoms. The van der Waals surface area contributed by atoms with E-state index < -0.39 is 0 Å². The molecule has 0 aliphatic carbocycles. The van der Waals surface area contributed by atoms with Crippen LogP contribution in [0.15, 0.2) is 72.8 Å². The van der Waals surface area contributed by atoms with Gasteiger partial charge >= 0.3 is 0 Å². The first-order chi connectivity index (χ1) is 14.6. The van der Waals surface area contributed by atoms with Gasteiger partial charge in [-0.1, -0.05) is 42.5 Å². The molecule has 0 radical (unpaired) electrons. The van der Waals surface area contributed by atoms with Gasteiger partial charge < -0.3 is 15.0 Å². The molecule has 1 heterocycles. The molecule has 3 aromatic rings. The van der Waals surface area contributed by atoms with Gasteiger partial charge in [-0.3, -0.25) is 4.79 Å². The zero-order chi connectivity index (χ0) is 20.9. The number of hydrogen-bond acceptors (Lipinski definition) is 3. The highest BCUT2D eigenvalue weighted by atomic mass is 16.5. The van der Waals surface area contributed by atoms with Crippen molar-refractivity contribution in [1.82, 2.24) is 5.32 Å². The van der Waals surface area contributed by atoms with E-state index >= 15 is 0 Å². The summed E-state index contributed by atoms with van der Waals surface area (Å²) in [4.78, 5) is 15.1. The normalized spacial score (nSPS) is 14.0. The Morgan fingerprint density at radius 1 is 1.03 bits per heavy atom. The average Bonchev–Trinajstić information content (AvgIpc) is 2.80. The summed E-state index contributed by atoms with van der Waals surface area (Å²) in [6, 6.07) is 24.3. The molecule has 0 aromatic heterocycles. The molecule has 4 rings (SSSR count). The van der Waals surface area contributed by atoms with Gasteiger partial charge in [0.2, 0.25) is 0 Å². The standard InChI is InChI=1S/C26H28N2O2/c1-19(21-13-15-24(30-2)16-14-21)27-26(29)23-11-9-20(10-12-23)18-28-17-5-7-22-6-3-4-8-25(22)28/h3-4,6,8-16,19H,5,7,17-18H2,1-2H3,(H,27,29)/t19-/m0/s1. The molecule has 1 aliphatic rings. The minimum Gasteiger partial charge on any atom is -0.497 e. The van der Waals surface area contributed by atoms with E-state index in [1.165, 1.54) is 23.2 Å². The Hall–Kier alpha value is -3.27.